The molecule has 0 saturated heterocycles. The van der Waals surface area contributed by atoms with E-state index >= 15 is 0 Å². The number of hydrogen-bond acceptors (Lipinski definition) is 2. The first-order valence-electron chi connectivity index (χ1n) is 9.33. The minimum absolute atomic E-state index is 0.0685. The lowest BCUT2D eigenvalue weighted by molar-refractivity contribution is -0.0823. The van der Waals surface area contributed by atoms with Crippen LogP contribution in [0.25, 0.3) is 0 Å². The molecule has 23 heavy (non-hydrogen) atoms. The van der Waals surface area contributed by atoms with Crippen molar-refractivity contribution in [3.8, 4) is 0 Å². The van der Waals surface area contributed by atoms with Gasteiger partial charge < -0.3 is 9.64 Å². The van der Waals surface area contributed by atoms with Gasteiger partial charge >= 0.3 is 0 Å². The lowest BCUT2D eigenvalue weighted by Gasteiger charge is -2.41. The Kier molecular flexibility index (Phi) is 7.10. The molecule has 1 aromatic rings. The fourth-order valence-electron chi connectivity index (χ4n) is 3.84. The van der Waals surface area contributed by atoms with Crippen LogP contribution in [0.2, 0.25) is 0 Å². The van der Waals surface area contributed by atoms with Gasteiger partial charge in [-0.05, 0) is 70.1 Å². The van der Waals surface area contributed by atoms with Crippen LogP contribution < -0.4 is 0 Å². The van der Waals surface area contributed by atoms with E-state index in [4.69, 9.17) is 4.74 Å². The van der Waals surface area contributed by atoms with Crippen molar-refractivity contribution in [2.75, 3.05) is 27.2 Å². The van der Waals surface area contributed by atoms with Crippen LogP contribution in [0, 0.1) is 11.8 Å². The van der Waals surface area contributed by atoms with Crippen LogP contribution in [0.1, 0.15) is 51.5 Å². The van der Waals surface area contributed by atoms with Crippen LogP contribution in [0.15, 0.2) is 30.3 Å². The van der Waals surface area contributed by atoms with Crippen LogP contribution in [-0.2, 0) is 11.2 Å². The zero-order valence-electron chi connectivity index (χ0n) is 15.6. The summed E-state index contributed by atoms with van der Waals surface area (Å²) >= 11 is 0. The Morgan fingerprint density at radius 2 is 1.78 bits per heavy atom. The highest BCUT2D eigenvalue weighted by Gasteiger charge is 2.37. The molecule has 2 nitrogen and oxygen atoms in total. The molecule has 1 aliphatic rings. The lowest BCUT2D eigenvalue weighted by Crippen LogP contribution is -2.40. The number of rotatable bonds is 8. The van der Waals surface area contributed by atoms with Crippen LogP contribution in [0.5, 0.6) is 0 Å². The predicted octanol–water partition coefficient (Wildman–Crippen LogP) is 4.78. The standard InChI is InChI=1S/C21H35NO/c1-18(2)20-11-13-21(14-12-20,23-16-8-15-22(3)4)17-19-9-6-5-7-10-19/h5-7,9-10,18,20H,8,11-17H2,1-4H3. The molecule has 1 fully saturated rings. The Balaban J connectivity index is 1.96. The smallest absolute Gasteiger partial charge is 0.0722 e. The largest absolute Gasteiger partial charge is 0.375 e. The number of ether oxygens (including phenoxy) is 1. The van der Waals surface area contributed by atoms with Gasteiger partial charge in [-0.15, -0.1) is 0 Å². The molecule has 0 bridgehead atoms. The first-order valence-corrected chi connectivity index (χ1v) is 9.33. The Labute approximate surface area is 143 Å². The molecular weight excluding hydrogens is 282 g/mol. The van der Waals surface area contributed by atoms with E-state index in [-0.39, 0.29) is 5.60 Å². The fraction of sp³-hybridized carbons (Fsp3) is 0.714. The molecule has 2 rings (SSSR count). The zero-order valence-corrected chi connectivity index (χ0v) is 15.6. The van der Waals surface area contributed by atoms with Gasteiger partial charge in [-0.3, -0.25) is 0 Å². The average molecular weight is 318 g/mol. The molecule has 0 atom stereocenters. The lowest BCUT2D eigenvalue weighted by atomic mass is 9.72. The van der Waals surface area contributed by atoms with Gasteiger partial charge in [0.15, 0.2) is 0 Å². The normalized spacial score (nSPS) is 25.2. The third-order valence-electron chi connectivity index (χ3n) is 5.41. The Morgan fingerprint density at radius 1 is 1.13 bits per heavy atom. The van der Waals surface area contributed by atoms with Crippen molar-refractivity contribution in [3.63, 3.8) is 0 Å². The van der Waals surface area contributed by atoms with E-state index in [9.17, 15) is 0 Å². The second-order valence-electron chi connectivity index (χ2n) is 7.93. The summed E-state index contributed by atoms with van der Waals surface area (Å²) in [5, 5.41) is 0. The van der Waals surface area contributed by atoms with Gasteiger partial charge in [-0.2, -0.15) is 0 Å². The van der Waals surface area contributed by atoms with Crippen molar-refractivity contribution in [2.24, 2.45) is 11.8 Å². The predicted molar refractivity (Wildman–Crippen MR) is 98.8 cm³/mol. The monoisotopic (exact) mass is 317 g/mol. The van der Waals surface area contributed by atoms with E-state index in [2.05, 4.69) is 63.2 Å². The SMILES string of the molecule is CC(C)C1CCC(Cc2ccccc2)(OCCCN(C)C)CC1. The highest BCUT2D eigenvalue weighted by Crippen LogP contribution is 2.40. The second kappa shape index (κ2) is 8.84. The Bertz CT molecular complexity index is 432. The van der Waals surface area contributed by atoms with Crippen molar-refractivity contribution in [1.29, 1.82) is 0 Å². The van der Waals surface area contributed by atoms with E-state index in [1.807, 2.05) is 0 Å². The van der Waals surface area contributed by atoms with Gasteiger partial charge in [0.1, 0.15) is 0 Å². The van der Waals surface area contributed by atoms with Crippen LogP contribution >= 0.6 is 0 Å². The molecule has 0 aliphatic heterocycles. The van der Waals surface area contributed by atoms with Gasteiger partial charge in [0.05, 0.1) is 5.60 Å². The van der Waals surface area contributed by atoms with Crippen LogP contribution in [0.3, 0.4) is 0 Å². The van der Waals surface area contributed by atoms with Crippen molar-refractivity contribution >= 4 is 0 Å². The highest BCUT2D eigenvalue weighted by atomic mass is 16.5. The van der Waals surface area contributed by atoms with E-state index in [1.54, 1.807) is 0 Å². The first kappa shape index (κ1) is 18.5. The summed E-state index contributed by atoms with van der Waals surface area (Å²) in [6, 6.07) is 10.9. The summed E-state index contributed by atoms with van der Waals surface area (Å²) in [6.07, 6.45) is 7.26. The van der Waals surface area contributed by atoms with Crippen molar-refractivity contribution < 1.29 is 4.74 Å². The molecule has 0 radical (unpaired) electrons. The summed E-state index contributed by atoms with van der Waals surface area (Å²) in [6.45, 7) is 6.73. The Hall–Kier alpha value is -0.860. The number of hydrogen-bond donors (Lipinski definition) is 0. The van der Waals surface area contributed by atoms with Crippen molar-refractivity contribution in [1.82, 2.24) is 4.90 Å². The van der Waals surface area contributed by atoms with E-state index < -0.39 is 0 Å². The zero-order chi connectivity index (χ0) is 16.7. The molecule has 0 amide bonds. The maximum atomic E-state index is 6.53. The minimum atomic E-state index is 0.0685. The van der Waals surface area contributed by atoms with Crippen molar-refractivity contribution in [2.45, 2.75) is 58.0 Å². The molecule has 0 aromatic heterocycles. The molecule has 0 N–H and O–H groups in total. The van der Waals surface area contributed by atoms with Gasteiger partial charge in [-0.25, -0.2) is 0 Å². The van der Waals surface area contributed by atoms with Gasteiger partial charge in [0.25, 0.3) is 0 Å². The van der Waals surface area contributed by atoms with E-state index in [0.717, 1.165) is 37.8 Å². The first-order chi connectivity index (χ1) is 11.0. The number of nitrogens with zero attached hydrogens (tertiary/aromatic N) is 1. The summed E-state index contributed by atoms with van der Waals surface area (Å²) < 4.78 is 6.53. The summed E-state index contributed by atoms with van der Waals surface area (Å²) in [4.78, 5) is 2.24. The van der Waals surface area contributed by atoms with Crippen LogP contribution in [0.4, 0.5) is 0 Å². The van der Waals surface area contributed by atoms with Gasteiger partial charge in [0.2, 0.25) is 0 Å². The summed E-state index contributed by atoms with van der Waals surface area (Å²) in [5.74, 6) is 1.68. The summed E-state index contributed by atoms with van der Waals surface area (Å²) in [7, 11) is 4.27. The van der Waals surface area contributed by atoms with Gasteiger partial charge in [-0.1, -0.05) is 44.2 Å². The van der Waals surface area contributed by atoms with Crippen LogP contribution in [-0.4, -0.2) is 37.7 Å². The molecule has 130 valence electrons. The molecule has 1 aromatic carbocycles. The van der Waals surface area contributed by atoms with Gasteiger partial charge in [0, 0.05) is 13.0 Å². The fourth-order valence-corrected chi connectivity index (χ4v) is 3.84. The second-order valence-corrected chi connectivity index (χ2v) is 7.93. The molecule has 0 heterocycles. The maximum absolute atomic E-state index is 6.53. The molecule has 0 unspecified atom stereocenters. The third-order valence-corrected chi connectivity index (χ3v) is 5.41. The van der Waals surface area contributed by atoms with Crippen molar-refractivity contribution in [3.05, 3.63) is 35.9 Å². The highest BCUT2D eigenvalue weighted by molar-refractivity contribution is 5.17. The molecule has 1 saturated carbocycles. The maximum Gasteiger partial charge on any atom is 0.0722 e. The molecular formula is C21H35NO. The van der Waals surface area contributed by atoms with E-state index in [0.29, 0.717) is 0 Å². The third kappa shape index (κ3) is 5.93. The minimum Gasteiger partial charge on any atom is -0.375 e. The Morgan fingerprint density at radius 3 is 2.35 bits per heavy atom. The molecule has 1 aliphatic carbocycles. The molecule has 0 spiro atoms. The topological polar surface area (TPSA) is 12.5 Å². The quantitative estimate of drug-likeness (QED) is 0.640. The average Bonchev–Trinajstić information content (AvgIpc) is 2.53. The molecule has 2 heteroatoms. The summed E-state index contributed by atoms with van der Waals surface area (Å²) in [5.41, 5.74) is 1.49. The number of benzene rings is 1. The van der Waals surface area contributed by atoms with E-state index in [1.165, 1.54) is 31.2 Å².